The molecule has 0 bridgehead atoms. The molecule has 0 unspecified atom stereocenters. The highest BCUT2D eigenvalue weighted by atomic mass is 35.5. The third-order valence-electron chi connectivity index (χ3n) is 5.01. The van der Waals surface area contributed by atoms with Crippen molar-refractivity contribution in [1.29, 1.82) is 0 Å². The molecule has 0 aliphatic heterocycles. The van der Waals surface area contributed by atoms with Gasteiger partial charge in [-0.15, -0.1) is 0 Å². The lowest BCUT2D eigenvalue weighted by Gasteiger charge is -2.30. The van der Waals surface area contributed by atoms with E-state index in [2.05, 4.69) is 68.6 Å². The normalized spacial score (nSPS) is 14.1. The Kier molecular flexibility index (Phi) is 6.08. The molecule has 0 fully saturated rings. The van der Waals surface area contributed by atoms with Gasteiger partial charge in [0.25, 0.3) is 0 Å². The molecule has 1 aromatic heterocycles. The zero-order valence-corrected chi connectivity index (χ0v) is 17.3. The van der Waals surface area contributed by atoms with Gasteiger partial charge < -0.3 is 9.73 Å². The van der Waals surface area contributed by atoms with Crippen LogP contribution < -0.4 is 5.32 Å². The van der Waals surface area contributed by atoms with E-state index >= 15 is 0 Å². The summed E-state index contributed by atoms with van der Waals surface area (Å²) in [6, 6.07) is 23.2. The summed E-state index contributed by atoms with van der Waals surface area (Å²) >= 11 is 6.09. The summed E-state index contributed by atoms with van der Waals surface area (Å²) in [5.74, 6) is 2.00. The minimum atomic E-state index is -0.0398. The largest absolute Gasteiger partial charge is 0.466 e. The van der Waals surface area contributed by atoms with Crippen molar-refractivity contribution < 1.29 is 4.42 Å². The Morgan fingerprint density at radius 2 is 1.56 bits per heavy atom. The molecule has 2 aromatic carbocycles. The van der Waals surface area contributed by atoms with Crippen LogP contribution in [0.4, 0.5) is 0 Å². The van der Waals surface area contributed by atoms with Gasteiger partial charge in [0.2, 0.25) is 0 Å². The molecular formula is C24H28ClNO. The van der Waals surface area contributed by atoms with Crippen LogP contribution in [0.25, 0.3) is 0 Å². The molecule has 0 spiro atoms. The van der Waals surface area contributed by atoms with Crippen molar-refractivity contribution in [1.82, 2.24) is 5.32 Å². The Morgan fingerprint density at radius 1 is 0.926 bits per heavy atom. The molecule has 0 aliphatic carbocycles. The second-order valence-corrected chi connectivity index (χ2v) is 8.40. The maximum absolute atomic E-state index is 6.09. The second-order valence-electron chi connectivity index (χ2n) is 7.96. The summed E-state index contributed by atoms with van der Waals surface area (Å²) in [5, 5.41) is 4.57. The summed E-state index contributed by atoms with van der Waals surface area (Å²) in [6.07, 6.45) is 0.969. The minimum absolute atomic E-state index is 0.0398. The number of hydrogen-bond donors (Lipinski definition) is 1. The fourth-order valence-corrected chi connectivity index (χ4v) is 3.82. The fraction of sp³-hybridized carbons (Fsp3) is 0.333. The second kappa shape index (κ2) is 8.33. The third kappa shape index (κ3) is 5.03. The predicted octanol–water partition coefficient (Wildman–Crippen LogP) is 6.68. The Morgan fingerprint density at radius 3 is 2.15 bits per heavy atom. The van der Waals surface area contributed by atoms with Crippen LogP contribution in [-0.2, 0) is 5.41 Å². The number of hydrogen-bond acceptors (Lipinski definition) is 2. The minimum Gasteiger partial charge on any atom is -0.466 e. The van der Waals surface area contributed by atoms with Gasteiger partial charge in [0.15, 0.2) is 0 Å². The first-order chi connectivity index (χ1) is 12.8. The maximum atomic E-state index is 6.09. The Bertz CT molecular complexity index is 852. The number of halogens is 1. The summed E-state index contributed by atoms with van der Waals surface area (Å²) in [6.45, 7) is 8.71. The van der Waals surface area contributed by atoms with Crippen LogP contribution in [0, 0.1) is 6.92 Å². The molecule has 1 heterocycles. The van der Waals surface area contributed by atoms with Crippen LogP contribution in [0.1, 0.15) is 55.9 Å². The van der Waals surface area contributed by atoms with E-state index in [4.69, 9.17) is 16.0 Å². The zero-order valence-electron chi connectivity index (χ0n) is 16.5. The molecule has 3 rings (SSSR count). The van der Waals surface area contributed by atoms with Crippen LogP contribution in [0.3, 0.4) is 0 Å². The van der Waals surface area contributed by atoms with E-state index in [0.29, 0.717) is 6.04 Å². The summed E-state index contributed by atoms with van der Waals surface area (Å²) < 4.78 is 5.89. The molecule has 0 saturated carbocycles. The Balaban J connectivity index is 1.80. The number of aryl methyl sites for hydroxylation is 1. The smallest absolute Gasteiger partial charge is 0.109 e. The van der Waals surface area contributed by atoms with Crippen LogP contribution in [-0.4, -0.2) is 6.04 Å². The summed E-state index contributed by atoms with van der Waals surface area (Å²) in [5.41, 5.74) is 2.42. The fourth-order valence-electron chi connectivity index (χ4n) is 3.69. The van der Waals surface area contributed by atoms with Gasteiger partial charge >= 0.3 is 0 Å². The molecule has 3 heteroatoms. The lowest BCUT2D eigenvalue weighted by molar-refractivity contribution is 0.313. The first kappa shape index (κ1) is 19.7. The van der Waals surface area contributed by atoms with E-state index in [-0.39, 0.29) is 11.5 Å². The lowest BCUT2D eigenvalue weighted by Crippen LogP contribution is -2.36. The SMILES string of the molecule is Cc1ccc(C(C)(C)C[C@@H](C)N[C@@H](c2ccccc2)c2ccc(Cl)cc2)o1. The van der Waals surface area contributed by atoms with Crippen LogP contribution >= 0.6 is 11.6 Å². The van der Waals surface area contributed by atoms with Crippen LogP contribution in [0.2, 0.25) is 5.02 Å². The van der Waals surface area contributed by atoms with Gasteiger partial charge in [-0.2, -0.15) is 0 Å². The maximum Gasteiger partial charge on any atom is 0.109 e. The van der Waals surface area contributed by atoms with Crippen molar-refractivity contribution in [2.45, 2.75) is 51.6 Å². The van der Waals surface area contributed by atoms with Crippen molar-refractivity contribution >= 4 is 11.6 Å². The molecule has 0 saturated heterocycles. The first-order valence-electron chi connectivity index (χ1n) is 9.48. The topological polar surface area (TPSA) is 25.2 Å². The average molecular weight is 382 g/mol. The van der Waals surface area contributed by atoms with Crippen molar-refractivity contribution in [3.8, 4) is 0 Å². The van der Waals surface area contributed by atoms with Crippen LogP contribution in [0.15, 0.2) is 71.1 Å². The van der Waals surface area contributed by atoms with Crippen molar-refractivity contribution in [3.63, 3.8) is 0 Å². The highest BCUT2D eigenvalue weighted by Gasteiger charge is 2.28. The van der Waals surface area contributed by atoms with E-state index in [9.17, 15) is 0 Å². The van der Waals surface area contributed by atoms with E-state index < -0.39 is 0 Å². The van der Waals surface area contributed by atoms with Crippen molar-refractivity contribution in [3.05, 3.63) is 94.4 Å². The van der Waals surface area contributed by atoms with Gasteiger partial charge in [-0.3, -0.25) is 0 Å². The van der Waals surface area contributed by atoms with Gasteiger partial charge in [-0.1, -0.05) is 67.9 Å². The number of rotatable bonds is 7. The number of furan rings is 1. The van der Waals surface area contributed by atoms with Gasteiger partial charge in [0, 0.05) is 16.5 Å². The van der Waals surface area contributed by atoms with E-state index in [1.54, 1.807) is 0 Å². The Labute approximate surface area is 167 Å². The molecule has 3 aromatic rings. The number of nitrogens with one attached hydrogen (secondary N) is 1. The average Bonchev–Trinajstić information content (AvgIpc) is 3.08. The van der Waals surface area contributed by atoms with Crippen LogP contribution in [0.5, 0.6) is 0 Å². The van der Waals surface area contributed by atoms with Gasteiger partial charge in [0.1, 0.15) is 11.5 Å². The zero-order chi connectivity index (χ0) is 19.4. The number of benzene rings is 2. The molecule has 0 radical (unpaired) electrons. The quantitative estimate of drug-likeness (QED) is 0.494. The highest BCUT2D eigenvalue weighted by Crippen LogP contribution is 2.31. The van der Waals surface area contributed by atoms with Crippen molar-refractivity contribution in [2.75, 3.05) is 0 Å². The first-order valence-corrected chi connectivity index (χ1v) is 9.86. The molecule has 0 amide bonds. The highest BCUT2D eigenvalue weighted by molar-refractivity contribution is 6.30. The molecule has 1 N–H and O–H groups in total. The standard InChI is InChI=1S/C24H28ClNO/c1-17(16-24(3,4)22-15-10-18(2)27-22)26-23(19-8-6-5-7-9-19)20-11-13-21(25)14-12-20/h5-15,17,23,26H,16H2,1-4H3/t17-,23+/m1/s1. The monoisotopic (exact) mass is 381 g/mol. The van der Waals surface area contributed by atoms with Gasteiger partial charge in [0.05, 0.1) is 6.04 Å². The van der Waals surface area contributed by atoms with Crippen molar-refractivity contribution in [2.24, 2.45) is 0 Å². The molecule has 2 nitrogen and oxygen atoms in total. The third-order valence-corrected chi connectivity index (χ3v) is 5.26. The lowest BCUT2D eigenvalue weighted by atomic mass is 9.83. The molecule has 0 aliphatic rings. The Hall–Kier alpha value is -2.03. The van der Waals surface area contributed by atoms with Gasteiger partial charge in [-0.05, 0) is 55.7 Å². The summed E-state index contributed by atoms with van der Waals surface area (Å²) in [4.78, 5) is 0. The molecule has 27 heavy (non-hydrogen) atoms. The molecule has 142 valence electrons. The summed E-state index contributed by atoms with van der Waals surface area (Å²) in [7, 11) is 0. The van der Waals surface area contributed by atoms with E-state index in [0.717, 1.165) is 23.0 Å². The predicted molar refractivity (Wildman–Crippen MR) is 113 cm³/mol. The van der Waals surface area contributed by atoms with Gasteiger partial charge in [-0.25, -0.2) is 0 Å². The van der Waals surface area contributed by atoms with E-state index in [1.165, 1.54) is 11.1 Å². The molecule has 2 atom stereocenters. The molecular weight excluding hydrogens is 354 g/mol. The van der Waals surface area contributed by atoms with E-state index in [1.807, 2.05) is 31.2 Å².